The molecule has 1 aliphatic rings. The highest BCUT2D eigenvalue weighted by molar-refractivity contribution is 5.94. The number of hydrogen-bond donors (Lipinski definition) is 2. The first kappa shape index (κ1) is 17.9. The van der Waals surface area contributed by atoms with Gasteiger partial charge in [0.25, 0.3) is 0 Å². The first-order chi connectivity index (χ1) is 13.6. The second-order valence-corrected chi connectivity index (χ2v) is 6.60. The van der Waals surface area contributed by atoms with Crippen LogP contribution in [0.5, 0.6) is 11.5 Å². The number of carboxylic acids is 1. The number of aliphatic carboxylic acids is 1. The number of aromatic amines is 1. The fourth-order valence-corrected chi connectivity index (χ4v) is 3.63. The number of carboxylic acid groups (broad SMARTS) is 1. The molecule has 0 saturated heterocycles. The Morgan fingerprint density at radius 1 is 1.18 bits per heavy atom. The van der Waals surface area contributed by atoms with Gasteiger partial charge in [0.1, 0.15) is 0 Å². The van der Waals surface area contributed by atoms with E-state index in [1.165, 1.54) is 7.11 Å². The van der Waals surface area contributed by atoms with Crippen LogP contribution in [-0.2, 0) is 14.3 Å². The quantitative estimate of drug-likeness (QED) is 0.502. The lowest BCUT2D eigenvalue weighted by Crippen LogP contribution is -2.27. The van der Waals surface area contributed by atoms with Gasteiger partial charge in [-0.3, -0.25) is 9.59 Å². The van der Waals surface area contributed by atoms with Crippen LogP contribution in [0.2, 0.25) is 0 Å². The Bertz CT molecular complexity index is 1040. The zero-order valence-electron chi connectivity index (χ0n) is 15.2. The summed E-state index contributed by atoms with van der Waals surface area (Å²) in [6.45, 7) is 0.149. The van der Waals surface area contributed by atoms with E-state index in [2.05, 4.69) is 4.98 Å². The van der Waals surface area contributed by atoms with Crippen molar-refractivity contribution in [3.8, 4) is 11.5 Å². The Labute approximate surface area is 160 Å². The summed E-state index contributed by atoms with van der Waals surface area (Å²) in [5, 5.41) is 10.6. The lowest BCUT2D eigenvalue weighted by molar-refractivity contribution is -0.157. The van der Waals surface area contributed by atoms with Gasteiger partial charge < -0.3 is 24.3 Å². The lowest BCUT2D eigenvalue weighted by atomic mass is 9.83. The first-order valence-electron chi connectivity index (χ1n) is 8.84. The smallest absolute Gasteiger partial charge is 0.320 e. The second kappa shape index (κ2) is 7.26. The zero-order chi connectivity index (χ0) is 19.7. The molecule has 2 heterocycles. The summed E-state index contributed by atoms with van der Waals surface area (Å²) in [4.78, 5) is 27.0. The fraction of sp³-hybridized carbons (Fsp3) is 0.238. The number of fused-ring (bicyclic) bond motifs is 2. The Hall–Kier alpha value is -3.48. The summed E-state index contributed by atoms with van der Waals surface area (Å²) in [6, 6.07) is 13.3. The van der Waals surface area contributed by atoms with Gasteiger partial charge in [-0.05, 0) is 35.7 Å². The molecule has 2 atom stereocenters. The molecule has 0 radical (unpaired) electrons. The molecule has 0 spiro atoms. The van der Waals surface area contributed by atoms with E-state index in [0.717, 1.165) is 22.0 Å². The second-order valence-electron chi connectivity index (χ2n) is 6.60. The predicted molar refractivity (Wildman–Crippen MR) is 100 cm³/mol. The molecule has 144 valence electrons. The maximum atomic E-state index is 12.1. The molecule has 0 bridgehead atoms. The van der Waals surface area contributed by atoms with Crippen molar-refractivity contribution in [3.63, 3.8) is 0 Å². The number of para-hydroxylation sites is 1. The van der Waals surface area contributed by atoms with Crippen molar-refractivity contribution in [3.05, 3.63) is 59.8 Å². The van der Waals surface area contributed by atoms with E-state index in [4.69, 9.17) is 14.2 Å². The fourth-order valence-electron chi connectivity index (χ4n) is 3.63. The van der Waals surface area contributed by atoms with Crippen LogP contribution in [-0.4, -0.2) is 35.9 Å². The Balaban J connectivity index is 1.81. The summed E-state index contributed by atoms with van der Waals surface area (Å²) in [5.41, 5.74) is 2.68. The molecule has 0 saturated carbocycles. The van der Waals surface area contributed by atoms with Crippen LogP contribution < -0.4 is 9.47 Å². The molecule has 0 amide bonds. The molecule has 0 fully saturated rings. The van der Waals surface area contributed by atoms with Gasteiger partial charge in [0.2, 0.25) is 6.79 Å². The minimum Gasteiger partial charge on any atom is -0.481 e. The summed E-state index contributed by atoms with van der Waals surface area (Å²) in [7, 11) is 1.19. The highest BCUT2D eigenvalue weighted by Gasteiger charge is 2.33. The van der Waals surface area contributed by atoms with E-state index >= 15 is 0 Å². The van der Waals surface area contributed by atoms with Gasteiger partial charge in [-0.1, -0.05) is 24.3 Å². The number of benzene rings is 2. The number of aromatic nitrogens is 1. The van der Waals surface area contributed by atoms with Crippen molar-refractivity contribution in [2.45, 2.75) is 12.3 Å². The minimum absolute atomic E-state index is 0.0590. The SMILES string of the molecule is COC(=O)C(CC(c1ccc2c(c1)OCO2)c1c[nH]c2ccccc12)C(=O)O. The Kier molecular flexibility index (Phi) is 4.65. The summed E-state index contributed by atoms with van der Waals surface area (Å²) < 4.78 is 15.6. The third-order valence-corrected chi connectivity index (χ3v) is 5.05. The van der Waals surface area contributed by atoms with E-state index in [1.54, 1.807) is 6.07 Å². The van der Waals surface area contributed by atoms with Gasteiger partial charge in [-0.2, -0.15) is 0 Å². The van der Waals surface area contributed by atoms with Gasteiger partial charge in [0.15, 0.2) is 17.4 Å². The molecule has 0 aliphatic carbocycles. The summed E-state index contributed by atoms with van der Waals surface area (Å²) in [6.07, 6.45) is 1.92. The van der Waals surface area contributed by atoms with Crippen LogP contribution in [0.25, 0.3) is 10.9 Å². The highest BCUT2D eigenvalue weighted by atomic mass is 16.7. The molecule has 1 aliphatic heterocycles. The highest BCUT2D eigenvalue weighted by Crippen LogP contribution is 2.40. The molecule has 2 N–H and O–H groups in total. The van der Waals surface area contributed by atoms with Crippen molar-refractivity contribution in [2.24, 2.45) is 5.92 Å². The number of nitrogens with one attached hydrogen (secondary N) is 1. The molecule has 2 unspecified atom stereocenters. The van der Waals surface area contributed by atoms with Crippen molar-refractivity contribution >= 4 is 22.8 Å². The van der Waals surface area contributed by atoms with E-state index in [0.29, 0.717) is 11.5 Å². The lowest BCUT2D eigenvalue weighted by Gasteiger charge is -2.21. The standard InChI is InChI=1S/C21H19NO6/c1-26-21(25)15(20(23)24)9-14(12-6-7-18-19(8-12)28-11-27-18)16-10-22-17-5-3-2-4-13(16)17/h2-8,10,14-15,22H,9,11H2,1H3,(H,23,24). The van der Waals surface area contributed by atoms with Gasteiger partial charge in [0, 0.05) is 23.0 Å². The van der Waals surface area contributed by atoms with Gasteiger partial charge >= 0.3 is 11.9 Å². The topological polar surface area (TPSA) is 97.9 Å². The Morgan fingerprint density at radius 2 is 1.96 bits per heavy atom. The minimum atomic E-state index is -1.28. The average Bonchev–Trinajstić information content (AvgIpc) is 3.34. The number of H-pyrrole nitrogens is 1. The molecule has 2 aromatic carbocycles. The summed E-state index contributed by atoms with van der Waals surface area (Å²) in [5.74, 6) is -2.37. The average molecular weight is 381 g/mol. The third-order valence-electron chi connectivity index (χ3n) is 5.05. The largest absolute Gasteiger partial charge is 0.481 e. The number of carbonyl (C=O) groups excluding carboxylic acids is 1. The molecular formula is C21H19NO6. The molecule has 7 heteroatoms. The van der Waals surface area contributed by atoms with E-state index < -0.39 is 17.9 Å². The number of ether oxygens (including phenoxy) is 3. The van der Waals surface area contributed by atoms with Crippen molar-refractivity contribution in [1.82, 2.24) is 4.98 Å². The molecule has 3 aromatic rings. The zero-order valence-corrected chi connectivity index (χ0v) is 15.2. The molecule has 7 nitrogen and oxygen atoms in total. The van der Waals surface area contributed by atoms with E-state index in [-0.39, 0.29) is 19.1 Å². The normalized spacial score (nSPS) is 14.6. The van der Waals surface area contributed by atoms with Gasteiger partial charge in [0.05, 0.1) is 7.11 Å². The van der Waals surface area contributed by atoms with Crippen molar-refractivity contribution < 1.29 is 28.9 Å². The molecule has 1 aromatic heterocycles. The van der Waals surface area contributed by atoms with Gasteiger partial charge in [-0.15, -0.1) is 0 Å². The monoisotopic (exact) mass is 381 g/mol. The van der Waals surface area contributed by atoms with Crippen LogP contribution in [0.15, 0.2) is 48.7 Å². The first-order valence-corrected chi connectivity index (χ1v) is 8.84. The molecular weight excluding hydrogens is 362 g/mol. The van der Waals surface area contributed by atoms with Crippen LogP contribution >= 0.6 is 0 Å². The van der Waals surface area contributed by atoms with Crippen LogP contribution in [0, 0.1) is 5.92 Å². The van der Waals surface area contributed by atoms with Crippen molar-refractivity contribution in [2.75, 3.05) is 13.9 Å². The van der Waals surface area contributed by atoms with Crippen LogP contribution in [0.3, 0.4) is 0 Å². The van der Waals surface area contributed by atoms with Crippen LogP contribution in [0.1, 0.15) is 23.5 Å². The molecule has 4 rings (SSSR count). The number of hydrogen-bond acceptors (Lipinski definition) is 5. The number of esters is 1. The maximum absolute atomic E-state index is 12.1. The Morgan fingerprint density at radius 3 is 2.75 bits per heavy atom. The van der Waals surface area contributed by atoms with E-state index in [9.17, 15) is 14.7 Å². The molecule has 28 heavy (non-hydrogen) atoms. The van der Waals surface area contributed by atoms with E-state index in [1.807, 2.05) is 42.6 Å². The third kappa shape index (κ3) is 3.15. The van der Waals surface area contributed by atoms with Crippen molar-refractivity contribution in [1.29, 1.82) is 0 Å². The van der Waals surface area contributed by atoms with Gasteiger partial charge in [-0.25, -0.2) is 0 Å². The summed E-state index contributed by atoms with van der Waals surface area (Å²) >= 11 is 0. The number of rotatable bonds is 6. The predicted octanol–water partition coefficient (Wildman–Crippen LogP) is 3.29. The number of methoxy groups -OCH3 is 1. The van der Waals surface area contributed by atoms with Crippen LogP contribution in [0.4, 0.5) is 0 Å². The maximum Gasteiger partial charge on any atom is 0.320 e. The number of carbonyl (C=O) groups is 2.